The molecule has 30 heavy (non-hydrogen) atoms. The van der Waals surface area contributed by atoms with Crippen molar-refractivity contribution in [1.82, 2.24) is 14.5 Å². The van der Waals surface area contributed by atoms with Crippen molar-refractivity contribution in [3.8, 4) is 17.0 Å². The summed E-state index contributed by atoms with van der Waals surface area (Å²) in [4.78, 5) is 20.9. The Balaban J connectivity index is 1.55. The molecule has 2 unspecified atom stereocenters. The number of ether oxygens (including phenoxy) is 1. The molecule has 156 valence electrons. The second-order valence-electron chi connectivity index (χ2n) is 7.95. The van der Waals surface area contributed by atoms with E-state index in [0.29, 0.717) is 30.1 Å². The summed E-state index contributed by atoms with van der Waals surface area (Å²) in [5.74, 6) is 2.10. The zero-order valence-corrected chi connectivity index (χ0v) is 18.3. The van der Waals surface area contributed by atoms with Crippen LogP contribution in [0.5, 0.6) is 5.88 Å². The Labute approximate surface area is 181 Å². The lowest BCUT2D eigenvalue weighted by Gasteiger charge is -2.38. The third-order valence-electron chi connectivity index (χ3n) is 6.03. The summed E-state index contributed by atoms with van der Waals surface area (Å²) in [7, 11) is 1.73. The second-order valence-corrected chi connectivity index (χ2v) is 8.39. The molecule has 1 saturated carbocycles. The molecule has 1 aliphatic rings. The standard InChI is InChI=1S/C24H26ClN3O2/c1-4-16-11-19(25)6-8-20(16)21-7-5-18(21)14-30-24-22(13-26-15(2)27-24)17-9-10-28(3)23(29)12-17/h6,8-13,18,21H,4-5,7,14H2,1-3H3. The lowest BCUT2D eigenvalue weighted by atomic mass is 9.69. The molecule has 0 aliphatic heterocycles. The highest BCUT2D eigenvalue weighted by molar-refractivity contribution is 6.30. The number of aromatic nitrogens is 3. The molecule has 0 radical (unpaired) electrons. The van der Waals surface area contributed by atoms with E-state index in [-0.39, 0.29) is 5.56 Å². The number of pyridine rings is 1. The van der Waals surface area contributed by atoms with Crippen LogP contribution in [0.25, 0.3) is 11.1 Å². The van der Waals surface area contributed by atoms with Gasteiger partial charge in [0, 0.05) is 30.5 Å². The highest BCUT2D eigenvalue weighted by atomic mass is 35.5. The molecule has 2 atom stereocenters. The van der Waals surface area contributed by atoms with E-state index in [2.05, 4.69) is 29.0 Å². The van der Waals surface area contributed by atoms with Crippen molar-refractivity contribution < 1.29 is 4.74 Å². The van der Waals surface area contributed by atoms with E-state index in [1.807, 2.05) is 19.1 Å². The summed E-state index contributed by atoms with van der Waals surface area (Å²) in [5, 5.41) is 0.790. The molecule has 4 rings (SSSR count). The maximum absolute atomic E-state index is 12.1. The predicted molar refractivity (Wildman–Crippen MR) is 119 cm³/mol. The normalized spacial score (nSPS) is 18.1. The Bertz CT molecular complexity index is 1130. The largest absolute Gasteiger partial charge is 0.477 e. The van der Waals surface area contributed by atoms with Crippen LogP contribution in [0, 0.1) is 12.8 Å². The predicted octanol–water partition coefficient (Wildman–Crippen LogP) is 4.94. The molecule has 1 fully saturated rings. The highest BCUT2D eigenvalue weighted by Crippen LogP contribution is 2.44. The molecule has 0 amide bonds. The number of nitrogens with zero attached hydrogens (tertiary/aromatic N) is 3. The molecule has 0 bridgehead atoms. The van der Waals surface area contributed by atoms with Gasteiger partial charge in [-0.1, -0.05) is 24.6 Å². The first-order valence-electron chi connectivity index (χ1n) is 10.4. The second kappa shape index (κ2) is 8.60. The van der Waals surface area contributed by atoms with Gasteiger partial charge in [-0.2, -0.15) is 4.98 Å². The van der Waals surface area contributed by atoms with Crippen LogP contribution in [0.4, 0.5) is 0 Å². The molecule has 2 aromatic heterocycles. The van der Waals surface area contributed by atoms with E-state index in [1.54, 1.807) is 25.5 Å². The van der Waals surface area contributed by atoms with Gasteiger partial charge in [-0.25, -0.2) is 4.98 Å². The molecule has 3 aromatic rings. The number of hydrogen-bond donors (Lipinski definition) is 0. The minimum atomic E-state index is -0.0760. The number of halogens is 1. The summed E-state index contributed by atoms with van der Waals surface area (Å²) in [6, 6.07) is 9.70. The first-order chi connectivity index (χ1) is 14.5. The van der Waals surface area contributed by atoms with Crippen LogP contribution in [0.15, 0.2) is 47.5 Å². The van der Waals surface area contributed by atoms with E-state index < -0.39 is 0 Å². The van der Waals surface area contributed by atoms with Crippen molar-refractivity contribution in [2.45, 2.75) is 39.0 Å². The van der Waals surface area contributed by atoms with Crippen LogP contribution in [-0.2, 0) is 13.5 Å². The van der Waals surface area contributed by atoms with Crippen molar-refractivity contribution in [3.63, 3.8) is 0 Å². The van der Waals surface area contributed by atoms with Gasteiger partial charge in [0.05, 0.1) is 12.2 Å². The quantitative estimate of drug-likeness (QED) is 0.563. The molecule has 0 saturated heterocycles. The van der Waals surface area contributed by atoms with Gasteiger partial charge in [0.1, 0.15) is 5.82 Å². The average molecular weight is 424 g/mol. The van der Waals surface area contributed by atoms with Crippen LogP contribution < -0.4 is 10.3 Å². The van der Waals surface area contributed by atoms with Gasteiger partial charge in [-0.05, 0) is 72.9 Å². The molecular weight excluding hydrogens is 398 g/mol. The topological polar surface area (TPSA) is 57.0 Å². The fourth-order valence-electron chi connectivity index (χ4n) is 4.08. The number of rotatable bonds is 6. The van der Waals surface area contributed by atoms with E-state index in [4.69, 9.17) is 16.3 Å². The van der Waals surface area contributed by atoms with Gasteiger partial charge in [0.25, 0.3) is 5.56 Å². The summed E-state index contributed by atoms with van der Waals surface area (Å²) in [6.45, 7) is 4.60. The molecule has 0 spiro atoms. The van der Waals surface area contributed by atoms with E-state index in [0.717, 1.165) is 35.4 Å². The third kappa shape index (κ3) is 4.12. The molecular formula is C24H26ClN3O2. The zero-order valence-electron chi connectivity index (χ0n) is 17.6. The minimum Gasteiger partial charge on any atom is -0.477 e. The van der Waals surface area contributed by atoms with Gasteiger partial charge >= 0.3 is 0 Å². The maximum atomic E-state index is 12.1. The fraction of sp³-hybridized carbons (Fsp3) is 0.375. The van der Waals surface area contributed by atoms with E-state index in [9.17, 15) is 4.79 Å². The van der Waals surface area contributed by atoms with Gasteiger partial charge < -0.3 is 9.30 Å². The summed E-state index contributed by atoms with van der Waals surface area (Å²) in [5.41, 5.74) is 4.13. The summed E-state index contributed by atoms with van der Waals surface area (Å²) >= 11 is 6.19. The third-order valence-corrected chi connectivity index (χ3v) is 6.26. The Morgan fingerprint density at radius 1 is 1.23 bits per heavy atom. The first kappa shape index (κ1) is 20.6. The monoisotopic (exact) mass is 423 g/mol. The lowest BCUT2D eigenvalue weighted by Crippen LogP contribution is -2.30. The first-order valence-corrected chi connectivity index (χ1v) is 10.8. The van der Waals surface area contributed by atoms with E-state index >= 15 is 0 Å². The minimum absolute atomic E-state index is 0.0760. The Hall–Kier alpha value is -2.66. The molecule has 6 heteroatoms. The number of benzene rings is 1. The Kier molecular flexibility index (Phi) is 5.91. The highest BCUT2D eigenvalue weighted by Gasteiger charge is 2.34. The smallest absolute Gasteiger partial charge is 0.250 e. The molecule has 1 aliphatic carbocycles. The maximum Gasteiger partial charge on any atom is 0.250 e. The van der Waals surface area contributed by atoms with Crippen LogP contribution in [0.3, 0.4) is 0 Å². The summed E-state index contributed by atoms with van der Waals surface area (Å²) in [6.07, 6.45) is 6.74. The van der Waals surface area contributed by atoms with Crippen LogP contribution in [0.1, 0.15) is 42.6 Å². The van der Waals surface area contributed by atoms with Crippen LogP contribution in [-0.4, -0.2) is 21.1 Å². The Morgan fingerprint density at radius 3 is 2.77 bits per heavy atom. The van der Waals surface area contributed by atoms with Gasteiger partial charge in [-0.15, -0.1) is 0 Å². The van der Waals surface area contributed by atoms with Crippen LogP contribution >= 0.6 is 11.6 Å². The lowest BCUT2D eigenvalue weighted by molar-refractivity contribution is 0.146. The number of aryl methyl sites for hydroxylation is 3. The zero-order chi connectivity index (χ0) is 21.3. The van der Waals surface area contributed by atoms with Crippen molar-refractivity contribution in [2.75, 3.05) is 6.61 Å². The van der Waals surface area contributed by atoms with Crippen molar-refractivity contribution in [1.29, 1.82) is 0 Å². The number of hydrogen-bond acceptors (Lipinski definition) is 4. The van der Waals surface area contributed by atoms with Crippen molar-refractivity contribution in [2.24, 2.45) is 13.0 Å². The molecule has 5 nitrogen and oxygen atoms in total. The van der Waals surface area contributed by atoms with Crippen LogP contribution in [0.2, 0.25) is 5.02 Å². The fourth-order valence-corrected chi connectivity index (χ4v) is 4.27. The SMILES string of the molecule is CCc1cc(Cl)ccc1C1CCC1COc1nc(C)ncc1-c1ccn(C)c(=O)c1. The van der Waals surface area contributed by atoms with Gasteiger partial charge in [0.15, 0.2) is 0 Å². The van der Waals surface area contributed by atoms with Crippen molar-refractivity contribution in [3.05, 3.63) is 75.1 Å². The Morgan fingerprint density at radius 2 is 2.07 bits per heavy atom. The summed E-state index contributed by atoms with van der Waals surface area (Å²) < 4.78 is 7.75. The van der Waals surface area contributed by atoms with E-state index in [1.165, 1.54) is 15.7 Å². The van der Waals surface area contributed by atoms with Gasteiger partial charge in [-0.3, -0.25) is 4.79 Å². The van der Waals surface area contributed by atoms with Crippen molar-refractivity contribution >= 4 is 11.6 Å². The molecule has 2 heterocycles. The molecule has 0 N–H and O–H groups in total. The molecule has 1 aromatic carbocycles. The average Bonchev–Trinajstić information content (AvgIpc) is 2.71. The van der Waals surface area contributed by atoms with Gasteiger partial charge in [0.2, 0.25) is 5.88 Å².